The number of nitrogens with zero attached hydrogens (tertiary/aromatic N) is 3. The molecule has 1 saturated heterocycles. The van der Waals surface area contributed by atoms with Crippen LogP contribution in [0, 0.1) is 5.92 Å². The average Bonchev–Trinajstić information content (AvgIpc) is 2.80. The van der Waals surface area contributed by atoms with Gasteiger partial charge in [0.1, 0.15) is 0 Å². The van der Waals surface area contributed by atoms with Crippen molar-refractivity contribution in [3.05, 3.63) is 28.9 Å². The maximum Gasteiger partial charge on any atom is 0.232 e. The highest BCUT2D eigenvalue weighted by Crippen LogP contribution is 2.26. The molecule has 0 spiro atoms. The van der Waals surface area contributed by atoms with Crippen molar-refractivity contribution in [2.24, 2.45) is 5.92 Å². The van der Waals surface area contributed by atoms with Crippen LogP contribution in [-0.2, 0) is 4.79 Å². The molecule has 1 atom stereocenters. The molecule has 2 heterocycles. The van der Waals surface area contributed by atoms with Crippen LogP contribution in [0.25, 0.3) is 10.9 Å². The minimum Gasteiger partial charge on any atom is -0.396 e. The Morgan fingerprint density at radius 2 is 2.32 bits per heavy atom. The zero-order chi connectivity index (χ0) is 13.4. The van der Waals surface area contributed by atoms with Crippen LogP contribution in [0.3, 0.4) is 0 Å². The molecule has 19 heavy (non-hydrogen) atoms. The van der Waals surface area contributed by atoms with Crippen LogP contribution in [0.5, 0.6) is 0 Å². The number of carbonyl (C=O) groups excluding carboxylic acids is 1. The number of fused-ring (bicyclic) bond motifs is 1. The van der Waals surface area contributed by atoms with Crippen molar-refractivity contribution < 1.29 is 9.90 Å². The Kier molecular flexibility index (Phi) is 3.20. The van der Waals surface area contributed by atoms with E-state index in [9.17, 15) is 4.79 Å². The number of rotatable bonds is 2. The molecule has 1 aromatic heterocycles. The molecule has 1 fully saturated rings. The van der Waals surface area contributed by atoms with E-state index in [-0.39, 0.29) is 18.4 Å². The number of amides is 1. The smallest absolute Gasteiger partial charge is 0.232 e. The lowest BCUT2D eigenvalue weighted by molar-refractivity contribution is -0.117. The number of aromatic nitrogens is 2. The van der Waals surface area contributed by atoms with Crippen molar-refractivity contribution >= 4 is 38.7 Å². The summed E-state index contributed by atoms with van der Waals surface area (Å²) in [6, 6.07) is 5.70. The topological polar surface area (TPSA) is 66.3 Å². The number of aliphatic hydroxyl groups excluding tert-OH is 1. The Morgan fingerprint density at radius 3 is 3.05 bits per heavy atom. The molecule has 3 rings (SSSR count). The van der Waals surface area contributed by atoms with Gasteiger partial charge >= 0.3 is 0 Å². The van der Waals surface area contributed by atoms with E-state index in [1.807, 2.05) is 18.2 Å². The van der Waals surface area contributed by atoms with Gasteiger partial charge in [0, 0.05) is 41.5 Å². The van der Waals surface area contributed by atoms with E-state index in [4.69, 9.17) is 5.11 Å². The van der Waals surface area contributed by atoms with Crippen LogP contribution in [0.2, 0.25) is 0 Å². The summed E-state index contributed by atoms with van der Waals surface area (Å²) < 4.78 is 0.928. The summed E-state index contributed by atoms with van der Waals surface area (Å²) in [6.45, 7) is 0.496. The third-order valence-corrected chi connectivity index (χ3v) is 3.96. The summed E-state index contributed by atoms with van der Waals surface area (Å²) in [4.78, 5) is 22.1. The Hall–Kier alpha value is -1.53. The summed E-state index contributed by atoms with van der Waals surface area (Å²) in [5.41, 5.74) is 0.791. The van der Waals surface area contributed by atoms with Crippen LogP contribution in [0.1, 0.15) is 6.42 Å². The van der Waals surface area contributed by atoms with Gasteiger partial charge in [0.2, 0.25) is 11.9 Å². The van der Waals surface area contributed by atoms with Crippen molar-refractivity contribution in [2.45, 2.75) is 6.42 Å². The molecular formula is C13H12BrN3O2. The first kappa shape index (κ1) is 12.5. The summed E-state index contributed by atoms with van der Waals surface area (Å²) in [5.74, 6) is 0.356. The summed E-state index contributed by atoms with van der Waals surface area (Å²) in [6.07, 6.45) is 2.07. The normalized spacial score (nSPS) is 19.4. The number of anilines is 1. The highest BCUT2D eigenvalue weighted by Gasteiger charge is 2.31. The van der Waals surface area contributed by atoms with E-state index in [0.29, 0.717) is 18.9 Å². The Labute approximate surface area is 118 Å². The van der Waals surface area contributed by atoms with E-state index in [1.54, 1.807) is 11.1 Å². The van der Waals surface area contributed by atoms with Gasteiger partial charge in [-0.25, -0.2) is 9.97 Å². The molecule has 6 heteroatoms. The molecule has 2 aromatic rings. The molecule has 1 unspecified atom stereocenters. The van der Waals surface area contributed by atoms with E-state index in [1.165, 1.54) is 0 Å². The van der Waals surface area contributed by atoms with E-state index >= 15 is 0 Å². The maximum atomic E-state index is 11.9. The van der Waals surface area contributed by atoms with Crippen LogP contribution in [0.15, 0.2) is 28.9 Å². The molecule has 0 saturated carbocycles. The van der Waals surface area contributed by atoms with Gasteiger partial charge < -0.3 is 5.11 Å². The summed E-state index contributed by atoms with van der Waals surface area (Å²) >= 11 is 3.44. The van der Waals surface area contributed by atoms with Gasteiger partial charge in [0.15, 0.2) is 0 Å². The van der Waals surface area contributed by atoms with Gasteiger partial charge in [0.05, 0.1) is 5.52 Å². The SMILES string of the molecule is O=C1CC(CO)CN1c1ncc2c(Br)cccc2n1. The highest BCUT2D eigenvalue weighted by molar-refractivity contribution is 9.10. The Bertz CT molecular complexity index is 647. The van der Waals surface area contributed by atoms with E-state index < -0.39 is 0 Å². The quantitative estimate of drug-likeness (QED) is 0.915. The fourth-order valence-corrected chi connectivity index (χ4v) is 2.70. The predicted molar refractivity (Wildman–Crippen MR) is 74.8 cm³/mol. The van der Waals surface area contributed by atoms with Crippen LogP contribution >= 0.6 is 15.9 Å². The van der Waals surface area contributed by atoms with Gasteiger partial charge in [-0.1, -0.05) is 22.0 Å². The number of benzene rings is 1. The first-order valence-electron chi connectivity index (χ1n) is 6.01. The van der Waals surface area contributed by atoms with E-state index in [2.05, 4.69) is 25.9 Å². The largest absolute Gasteiger partial charge is 0.396 e. The minimum absolute atomic E-state index is 0.0152. The molecule has 98 valence electrons. The van der Waals surface area contributed by atoms with Gasteiger partial charge in [-0.3, -0.25) is 9.69 Å². The molecular weight excluding hydrogens is 310 g/mol. The molecule has 0 bridgehead atoms. The Balaban J connectivity index is 2.00. The zero-order valence-electron chi connectivity index (χ0n) is 10.1. The highest BCUT2D eigenvalue weighted by atomic mass is 79.9. The second kappa shape index (κ2) is 4.86. The lowest BCUT2D eigenvalue weighted by Gasteiger charge is -2.14. The molecule has 1 aliphatic heterocycles. The molecule has 0 radical (unpaired) electrons. The lowest BCUT2D eigenvalue weighted by Crippen LogP contribution is -2.26. The third-order valence-electron chi connectivity index (χ3n) is 3.26. The predicted octanol–water partition coefficient (Wildman–Crippen LogP) is 1.74. The number of hydrogen-bond acceptors (Lipinski definition) is 4. The number of hydrogen-bond donors (Lipinski definition) is 1. The van der Waals surface area contributed by atoms with Gasteiger partial charge in [-0.05, 0) is 12.1 Å². The van der Waals surface area contributed by atoms with E-state index in [0.717, 1.165) is 15.4 Å². The number of aliphatic hydroxyl groups is 1. The standard InChI is InChI=1S/C13H12BrN3O2/c14-10-2-1-3-11-9(10)5-15-13(16-11)17-6-8(7-18)4-12(17)19/h1-3,5,8,18H,4,6-7H2. The summed E-state index contributed by atoms with van der Waals surface area (Å²) in [7, 11) is 0. The van der Waals surface area contributed by atoms with Crippen molar-refractivity contribution in [1.82, 2.24) is 9.97 Å². The molecule has 0 aliphatic carbocycles. The number of halogens is 1. The van der Waals surface area contributed by atoms with Gasteiger partial charge in [-0.15, -0.1) is 0 Å². The fourth-order valence-electron chi connectivity index (χ4n) is 2.24. The van der Waals surface area contributed by atoms with Gasteiger partial charge in [0.25, 0.3) is 0 Å². The zero-order valence-corrected chi connectivity index (χ0v) is 11.7. The number of carbonyl (C=O) groups is 1. The molecule has 5 nitrogen and oxygen atoms in total. The third kappa shape index (κ3) is 2.21. The summed E-state index contributed by atoms with van der Waals surface area (Å²) in [5, 5.41) is 10.0. The van der Waals surface area contributed by atoms with Crippen molar-refractivity contribution in [2.75, 3.05) is 18.1 Å². The fraction of sp³-hybridized carbons (Fsp3) is 0.308. The molecule has 1 aliphatic rings. The van der Waals surface area contributed by atoms with Crippen LogP contribution < -0.4 is 4.90 Å². The van der Waals surface area contributed by atoms with Crippen molar-refractivity contribution in [3.63, 3.8) is 0 Å². The lowest BCUT2D eigenvalue weighted by atomic mass is 10.1. The van der Waals surface area contributed by atoms with Crippen molar-refractivity contribution in [1.29, 1.82) is 0 Å². The monoisotopic (exact) mass is 321 g/mol. The minimum atomic E-state index is -0.0339. The molecule has 1 aromatic carbocycles. The molecule has 1 amide bonds. The van der Waals surface area contributed by atoms with Crippen LogP contribution in [0.4, 0.5) is 5.95 Å². The van der Waals surface area contributed by atoms with Crippen LogP contribution in [-0.4, -0.2) is 34.1 Å². The molecule has 1 N–H and O–H groups in total. The second-order valence-corrected chi connectivity index (χ2v) is 5.45. The van der Waals surface area contributed by atoms with Gasteiger partial charge in [-0.2, -0.15) is 0 Å². The average molecular weight is 322 g/mol. The maximum absolute atomic E-state index is 11.9. The second-order valence-electron chi connectivity index (χ2n) is 4.60. The first-order valence-corrected chi connectivity index (χ1v) is 6.81. The Morgan fingerprint density at radius 1 is 1.47 bits per heavy atom. The van der Waals surface area contributed by atoms with Crippen molar-refractivity contribution in [3.8, 4) is 0 Å². The first-order chi connectivity index (χ1) is 9.19.